The van der Waals surface area contributed by atoms with Gasteiger partial charge in [-0.25, -0.2) is 9.50 Å². The minimum atomic E-state index is 0.535. The number of ether oxygens (including phenoxy) is 1. The van der Waals surface area contributed by atoms with Crippen LogP contribution in [0.25, 0.3) is 17.0 Å². The molecule has 2 heterocycles. The summed E-state index contributed by atoms with van der Waals surface area (Å²) in [4.78, 5) is 4.55. The quantitative estimate of drug-likeness (QED) is 0.788. The summed E-state index contributed by atoms with van der Waals surface area (Å²) < 4.78 is 7.30. The molecule has 3 aromatic rings. The van der Waals surface area contributed by atoms with Gasteiger partial charge < -0.3 is 10.5 Å². The molecule has 0 aliphatic heterocycles. The van der Waals surface area contributed by atoms with Gasteiger partial charge in [-0.2, -0.15) is 0 Å². The number of aromatic nitrogens is 3. The first-order valence-corrected chi connectivity index (χ1v) is 6.59. The highest BCUT2D eigenvalue weighted by molar-refractivity contribution is 5.62. The molecule has 2 aromatic heterocycles. The van der Waals surface area contributed by atoms with Crippen LogP contribution in [0.5, 0.6) is 5.75 Å². The van der Waals surface area contributed by atoms with Gasteiger partial charge in [-0.15, -0.1) is 5.10 Å². The minimum Gasteiger partial charge on any atom is -0.490 e. The normalized spacial score (nSPS) is 10.9. The van der Waals surface area contributed by atoms with Crippen LogP contribution in [-0.2, 0) is 6.54 Å². The second-order valence-corrected chi connectivity index (χ2v) is 4.41. The van der Waals surface area contributed by atoms with E-state index in [0.29, 0.717) is 19.0 Å². The summed E-state index contributed by atoms with van der Waals surface area (Å²) in [5, 5.41) is 4.48. The minimum absolute atomic E-state index is 0.535. The molecule has 3 rings (SSSR count). The summed E-state index contributed by atoms with van der Waals surface area (Å²) in [5.41, 5.74) is 8.39. The zero-order valence-corrected chi connectivity index (χ0v) is 11.3. The molecular formula is C15H16N4O. The predicted molar refractivity (Wildman–Crippen MR) is 77.5 cm³/mol. The fraction of sp³-hybridized carbons (Fsp3) is 0.200. The fourth-order valence-corrected chi connectivity index (χ4v) is 2.06. The van der Waals surface area contributed by atoms with Crippen LogP contribution >= 0.6 is 0 Å². The molecule has 0 saturated carbocycles. The molecule has 0 unspecified atom stereocenters. The third-order valence-corrected chi connectivity index (χ3v) is 3.07. The van der Waals surface area contributed by atoms with E-state index >= 15 is 0 Å². The molecular weight excluding hydrogens is 252 g/mol. The average Bonchev–Trinajstić information content (AvgIpc) is 2.93. The van der Waals surface area contributed by atoms with E-state index in [1.807, 2.05) is 49.5 Å². The van der Waals surface area contributed by atoms with Gasteiger partial charge in [-0.05, 0) is 24.6 Å². The molecule has 0 saturated heterocycles. The van der Waals surface area contributed by atoms with Gasteiger partial charge in [-0.1, -0.05) is 24.3 Å². The van der Waals surface area contributed by atoms with Gasteiger partial charge in [0.1, 0.15) is 0 Å². The van der Waals surface area contributed by atoms with Crippen LogP contribution < -0.4 is 10.5 Å². The van der Waals surface area contributed by atoms with E-state index in [0.717, 1.165) is 22.5 Å². The summed E-state index contributed by atoms with van der Waals surface area (Å²) in [6, 6.07) is 11.7. The van der Waals surface area contributed by atoms with Crippen molar-refractivity contribution < 1.29 is 4.74 Å². The second-order valence-electron chi connectivity index (χ2n) is 4.41. The van der Waals surface area contributed by atoms with Gasteiger partial charge >= 0.3 is 0 Å². The SMILES string of the molecule is CCOc1cccn2nc(-c3ccc(CN)cc3)nc12. The van der Waals surface area contributed by atoms with Crippen molar-refractivity contribution in [2.24, 2.45) is 5.73 Å². The Morgan fingerprint density at radius 1 is 1.20 bits per heavy atom. The maximum atomic E-state index is 5.60. The number of rotatable bonds is 4. The van der Waals surface area contributed by atoms with Crippen molar-refractivity contribution in [3.8, 4) is 17.1 Å². The van der Waals surface area contributed by atoms with E-state index in [9.17, 15) is 0 Å². The van der Waals surface area contributed by atoms with Crippen molar-refractivity contribution in [2.45, 2.75) is 13.5 Å². The number of nitrogens with two attached hydrogens (primary N) is 1. The maximum absolute atomic E-state index is 5.60. The summed E-state index contributed by atoms with van der Waals surface area (Å²) in [6.07, 6.45) is 1.86. The number of pyridine rings is 1. The van der Waals surface area contributed by atoms with E-state index in [1.165, 1.54) is 0 Å². The second kappa shape index (κ2) is 5.30. The monoisotopic (exact) mass is 268 g/mol. The summed E-state index contributed by atoms with van der Waals surface area (Å²) in [6.45, 7) is 3.09. The van der Waals surface area contributed by atoms with Crippen molar-refractivity contribution in [2.75, 3.05) is 6.61 Å². The zero-order chi connectivity index (χ0) is 13.9. The number of hydrogen-bond donors (Lipinski definition) is 1. The zero-order valence-electron chi connectivity index (χ0n) is 11.3. The Kier molecular flexibility index (Phi) is 3.35. The molecule has 102 valence electrons. The Morgan fingerprint density at radius 2 is 2.00 bits per heavy atom. The lowest BCUT2D eigenvalue weighted by atomic mass is 10.1. The van der Waals surface area contributed by atoms with Gasteiger partial charge in [0.25, 0.3) is 0 Å². The van der Waals surface area contributed by atoms with Crippen LogP contribution in [-0.4, -0.2) is 21.2 Å². The molecule has 0 aliphatic rings. The maximum Gasteiger partial charge on any atom is 0.198 e. The molecule has 20 heavy (non-hydrogen) atoms. The molecule has 5 nitrogen and oxygen atoms in total. The first-order chi connectivity index (χ1) is 9.81. The molecule has 5 heteroatoms. The van der Waals surface area contributed by atoms with E-state index in [1.54, 1.807) is 4.52 Å². The van der Waals surface area contributed by atoms with Crippen molar-refractivity contribution in [1.82, 2.24) is 14.6 Å². The Morgan fingerprint density at radius 3 is 2.70 bits per heavy atom. The highest BCUT2D eigenvalue weighted by Gasteiger charge is 2.10. The van der Waals surface area contributed by atoms with E-state index in [2.05, 4.69) is 10.1 Å². The average molecular weight is 268 g/mol. The van der Waals surface area contributed by atoms with Crippen molar-refractivity contribution >= 4 is 5.65 Å². The van der Waals surface area contributed by atoms with Gasteiger partial charge in [0.05, 0.1) is 6.61 Å². The van der Waals surface area contributed by atoms with Crippen LogP contribution in [0.3, 0.4) is 0 Å². The van der Waals surface area contributed by atoms with Crippen LogP contribution in [0, 0.1) is 0 Å². The molecule has 0 atom stereocenters. The topological polar surface area (TPSA) is 65.4 Å². The smallest absolute Gasteiger partial charge is 0.198 e. The largest absolute Gasteiger partial charge is 0.490 e. The molecule has 0 aliphatic carbocycles. The lowest BCUT2D eigenvalue weighted by Crippen LogP contribution is -1.95. The predicted octanol–water partition coefficient (Wildman–Crippen LogP) is 2.25. The Labute approximate surface area is 117 Å². The lowest BCUT2D eigenvalue weighted by Gasteiger charge is -2.02. The first-order valence-electron chi connectivity index (χ1n) is 6.59. The highest BCUT2D eigenvalue weighted by atomic mass is 16.5. The van der Waals surface area contributed by atoms with Gasteiger partial charge in [0, 0.05) is 18.3 Å². The van der Waals surface area contributed by atoms with Gasteiger partial charge in [-0.3, -0.25) is 0 Å². The van der Waals surface area contributed by atoms with Gasteiger partial charge in [0.15, 0.2) is 17.2 Å². The standard InChI is InChI=1S/C15H16N4O/c1-2-20-13-4-3-9-19-15(13)17-14(18-19)12-7-5-11(10-16)6-8-12/h3-9H,2,10,16H2,1H3. The summed E-state index contributed by atoms with van der Waals surface area (Å²) in [5.74, 6) is 1.42. The van der Waals surface area contributed by atoms with Crippen LogP contribution in [0.2, 0.25) is 0 Å². The highest BCUT2D eigenvalue weighted by Crippen LogP contribution is 2.22. The third-order valence-electron chi connectivity index (χ3n) is 3.07. The molecule has 0 bridgehead atoms. The van der Waals surface area contributed by atoms with Crippen LogP contribution in [0.1, 0.15) is 12.5 Å². The van der Waals surface area contributed by atoms with Crippen molar-refractivity contribution in [1.29, 1.82) is 0 Å². The molecule has 0 fully saturated rings. The number of hydrogen-bond acceptors (Lipinski definition) is 4. The molecule has 0 amide bonds. The number of benzene rings is 1. The lowest BCUT2D eigenvalue weighted by molar-refractivity contribution is 0.342. The van der Waals surface area contributed by atoms with Gasteiger partial charge in [0.2, 0.25) is 0 Å². The van der Waals surface area contributed by atoms with Crippen LogP contribution in [0.4, 0.5) is 0 Å². The number of nitrogens with zero attached hydrogens (tertiary/aromatic N) is 3. The molecule has 0 radical (unpaired) electrons. The molecule has 1 aromatic carbocycles. The first kappa shape index (κ1) is 12.6. The van der Waals surface area contributed by atoms with E-state index < -0.39 is 0 Å². The van der Waals surface area contributed by atoms with Crippen molar-refractivity contribution in [3.63, 3.8) is 0 Å². The Balaban J connectivity index is 2.05. The molecule has 0 spiro atoms. The Hall–Kier alpha value is -2.40. The Bertz CT molecular complexity index is 718. The third kappa shape index (κ3) is 2.23. The number of fused-ring (bicyclic) bond motifs is 1. The summed E-state index contributed by atoms with van der Waals surface area (Å²) >= 11 is 0. The van der Waals surface area contributed by atoms with Crippen LogP contribution in [0.15, 0.2) is 42.6 Å². The molecule has 2 N–H and O–H groups in total. The van der Waals surface area contributed by atoms with E-state index in [-0.39, 0.29) is 0 Å². The van der Waals surface area contributed by atoms with Crippen molar-refractivity contribution in [3.05, 3.63) is 48.2 Å². The fourth-order valence-electron chi connectivity index (χ4n) is 2.06. The summed E-state index contributed by atoms with van der Waals surface area (Å²) in [7, 11) is 0. The van der Waals surface area contributed by atoms with E-state index in [4.69, 9.17) is 10.5 Å².